The number of benzene rings is 2. The second kappa shape index (κ2) is 14.0. The van der Waals surface area contributed by atoms with Crippen molar-refractivity contribution in [1.29, 1.82) is 0 Å². The first-order valence-electron chi connectivity index (χ1n) is 11.9. The summed E-state index contributed by atoms with van der Waals surface area (Å²) in [5.74, 6) is 0. The molecule has 1 atom stereocenters. The van der Waals surface area contributed by atoms with Crippen LogP contribution in [0.4, 0.5) is 26.7 Å². The number of carbonyl (C=O) groups is 2. The number of nitrogens with zero attached hydrogens (tertiary/aromatic N) is 1. The molecule has 0 spiro atoms. The summed E-state index contributed by atoms with van der Waals surface area (Å²) in [4.78, 5) is 26.5. The van der Waals surface area contributed by atoms with Crippen molar-refractivity contribution < 1.29 is 14.3 Å². The van der Waals surface area contributed by atoms with E-state index in [2.05, 4.69) is 41.6 Å². The van der Waals surface area contributed by atoms with Gasteiger partial charge in [0, 0.05) is 36.2 Å². The second-order valence-corrected chi connectivity index (χ2v) is 8.22. The van der Waals surface area contributed by atoms with Crippen molar-refractivity contribution in [3.8, 4) is 0 Å². The molecule has 3 amide bonds. The molecule has 0 fully saturated rings. The largest absolute Gasteiger partial charge is 0.444 e. The van der Waals surface area contributed by atoms with Crippen LogP contribution < -0.4 is 20.9 Å². The third-order valence-electron chi connectivity index (χ3n) is 5.15. The molecule has 0 radical (unpaired) electrons. The van der Waals surface area contributed by atoms with Gasteiger partial charge >= 0.3 is 12.1 Å². The topological polar surface area (TPSA) is 82.7 Å². The van der Waals surface area contributed by atoms with Gasteiger partial charge in [-0.15, -0.1) is 0 Å². The Bertz CT molecular complexity index is 847. The maximum atomic E-state index is 12.2. The Hall–Kier alpha value is -3.22. The Morgan fingerprint density at radius 2 is 1.42 bits per heavy atom. The highest BCUT2D eigenvalue weighted by molar-refractivity contribution is 5.89. The molecule has 0 heterocycles. The van der Waals surface area contributed by atoms with E-state index in [1.807, 2.05) is 43.3 Å². The average molecular weight is 455 g/mol. The lowest BCUT2D eigenvalue weighted by Gasteiger charge is -2.24. The van der Waals surface area contributed by atoms with Gasteiger partial charge in [-0.2, -0.15) is 0 Å². The standard InChI is InChI=1S/C26H38N4O3/c1-5-8-20(4)27-25(31)28-22-11-9-21(10-12-22)19-33-26(32)29-23-13-15-24(16-14-23)30(17-6-2)18-7-3/h9-16,20H,5-8,17-19H2,1-4H3,(H,29,32)(H2,27,28,31)/t20-/m1/s1. The van der Waals surface area contributed by atoms with E-state index < -0.39 is 6.09 Å². The molecule has 0 bridgehead atoms. The van der Waals surface area contributed by atoms with E-state index in [9.17, 15) is 9.59 Å². The summed E-state index contributed by atoms with van der Waals surface area (Å²) < 4.78 is 5.33. The first-order chi connectivity index (χ1) is 15.9. The van der Waals surface area contributed by atoms with Gasteiger partial charge in [-0.3, -0.25) is 5.32 Å². The Labute approximate surface area is 197 Å². The first kappa shape index (κ1) is 26.0. The monoisotopic (exact) mass is 454 g/mol. The van der Waals surface area contributed by atoms with Crippen molar-refractivity contribution in [3.05, 3.63) is 54.1 Å². The number of anilines is 3. The maximum absolute atomic E-state index is 12.2. The summed E-state index contributed by atoms with van der Waals surface area (Å²) >= 11 is 0. The number of amides is 3. The van der Waals surface area contributed by atoms with Gasteiger partial charge in [0.25, 0.3) is 0 Å². The van der Waals surface area contributed by atoms with E-state index in [-0.39, 0.29) is 18.7 Å². The minimum atomic E-state index is -0.506. The van der Waals surface area contributed by atoms with Gasteiger partial charge in [-0.05, 0) is 68.1 Å². The minimum Gasteiger partial charge on any atom is -0.444 e. The van der Waals surface area contributed by atoms with Gasteiger partial charge in [-0.25, -0.2) is 9.59 Å². The molecule has 0 aliphatic rings. The van der Waals surface area contributed by atoms with E-state index in [1.54, 1.807) is 12.1 Å². The lowest BCUT2D eigenvalue weighted by molar-refractivity contribution is 0.155. The van der Waals surface area contributed by atoms with E-state index in [0.29, 0.717) is 11.4 Å². The number of rotatable bonds is 12. The quantitative estimate of drug-likeness (QED) is 0.348. The third kappa shape index (κ3) is 9.43. The SMILES string of the molecule is CCC[C@@H](C)NC(=O)Nc1ccc(COC(=O)Nc2ccc(N(CCC)CCC)cc2)cc1. The molecule has 2 aromatic rings. The van der Waals surface area contributed by atoms with E-state index in [0.717, 1.165) is 50.0 Å². The van der Waals surface area contributed by atoms with Crippen LogP contribution in [0.3, 0.4) is 0 Å². The molecule has 33 heavy (non-hydrogen) atoms. The molecule has 3 N–H and O–H groups in total. The van der Waals surface area contributed by atoms with Crippen LogP contribution in [0.5, 0.6) is 0 Å². The van der Waals surface area contributed by atoms with Crippen molar-refractivity contribution >= 4 is 29.2 Å². The number of hydrogen-bond donors (Lipinski definition) is 3. The van der Waals surface area contributed by atoms with Crippen LogP contribution in [0.15, 0.2) is 48.5 Å². The summed E-state index contributed by atoms with van der Waals surface area (Å²) in [7, 11) is 0. The summed E-state index contributed by atoms with van der Waals surface area (Å²) in [6, 6.07) is 14.9. The van der Waals surface area contributed by atoms with Crippen LogP contribution in [-0.4, -0.2) is 31.3 Å². The number of hydrogen-bond acceptors (Lipinski definition) is 4. The zero-order valence-electron chi connectivity index (χ0n) is 20.3. The zero-order chi connectivity index (χ0) is 24.1. The van der Waals surface area contributed by atoms with Gasteiger partial charge in [0.05, 0.1) is 0 Å². The average Bonchev–Trinajstić information content (AvgIpc) is 2.79. The molecular weight excluding hydrogens is 416 g/mol. The maximum Gasteiger partial charge on any atom is 0.411 e. The van der Waals surface area contributed by atoms with Crippen LogP contribution in [-0.2, 0) is 11.3 Å². The molecule has 0 aliphatic carbocycles. The fourth-order valence-corrected chi connectivity index (χ4v) is 3.55. The molecule has 180 valence electrons. The second-order valence-electron chi connectivity index (χ2n) is 8.22. The Kier molecular flexibility index (Phi) is 11.1. The molecule has 7 nitrogen and oxygen atoms in total. The lowest BCUT2D eigenvalue weighted by Crippen LogP contribution is -2.35. The number of carbonyl (C=O) groups excluding carboxylic acids is 2. The van der Waals surface area contributed by atoms with Crippen LogP contribution in [0, 0.1) is 0 Å². The Balaban J connectivity index is 1.79. The highest BCUT2D eigenvalue weighted by Gasteiger charge is 2.09. The van der Waals surface area contributed by atoms with E-state index >= 15 is 0 Å². The number of nitrogens with one attached hydrogen (secondary N) is 3. The zero-order valence-corrected chi connectivity index (χ0v) is 20.3. The van der Waals surface area contributed by atoms with Crippen molar-refractivity contribution in [2.45, 2.75) is 66.0 Å². The molecule has 0 unspecified atom stereocenters. The lowest BCUT2D eigenvalue weighted by atomic mass is 10.2. The fourth-order valence-electron chi connectivity index (χ4n) is 3.55. The van der Waals surface area contributed by atoms with E-state index in [4.69, 9.17) is 4.74 Å². The highest BCUT2D eigenvalue weighted by atomic mass is 16.5. The van der Waals surface area contributed by atoms with Crippen LogP contribution >= 0.6 is 0 Å². The van der Waals surface area contributed by atoms with Crippen molar-refractivity contribution in [1.82, 2.24) is 5.32 Å². The molecular formula is C26H38N4O3. The molecule has 2 rings (SSSR count). The molecule has 0 saturated carbocycles. The van der Waals surface area contributed by atoms with Gasteiger partial charge in [0.1, 0.15) is 6.61 Å². The molecule has 0 saturated heterocycles. The number of urea groups is 1. The molecule has 2 aromatic carbocycles. The van der Waals surface area contributed by atoms with Gasteiger partial charge < -0.3 is 20.3 Å². The summed E-state index contributed by atoms with van der Waals surface area (Å²) in [6.07, 6.45) is 3.63. The van der Waals surface area contributed by atoms with Crippen molar-refractivity contribution in [3.63, 3.8) is 0 Å². The Morgan fingerprint density at radius 1 is 0.848 bits per heavy atom. The number of ether oxygens (including phenoxy) is 1. The van der Waals surface area contributed by atoms with Crippen LogP contribution in [0.25, 0.3) is 0 Å². The highest BCUT2D eigenvalue weighted by Crippen LogP contribution is 2.19. The smallest absolute Gasteiger partial charge is 0.411 e. The van der Waals surface area contributed by atoms with Gasteiger partial charge in [0.2, 0.25) is 0 Å². The first-order valence-corrected chi connectivity index (χ1v) is 11.9. The predicted molar refractivity (Wildman–Crippen MR) is 136 cm³/mol. The summed E-state index contributed by atoms with van der Waals surface area (Å²) in [5.41, 5.74) is 3.37. The van der Waals surface area contributed by atoms with Crippen molar-refractivity contribution in [2.24, 2.45) is 0 Å². The minimum absolute atomic E-state index is 0.129. The molecule has 7 heteroatoms. The molecule has 0 aliphatic heterocycles. The third-order valence-corrected chi connectivity index (χ3v) is 5.15. The fraction of sp³-hybridized carbons (Fsp3) is 0.462. The van der Waals surface area contributed by atoms with Crippen LogP contribution in [0.2, 0.25) is 0 Å². The van der Waals surface area contributed by atoms with Gasteiger partial charge in [-0.1, -0.05) is 39.3 Å². The summed E-state index contributed by atoms with van der Waals surface area (Å²) in [5, 5.41) is 8.47. The summed E-state index contributed by atoms with van der Waals surface area (Å²) in [6.45, 7) is 10.6. The van der Waals surface area contributed by atoms with Gasteiger partial charge in [0.15, 0.2) is 0 Å². The Morgan fingerprint density at radius 3 is 2.00 bits per heavy atom. The normalized spacial score (nSPS) is 11.4. The van der Waals surface area contributed by atoms with Crippen molar-refractivity contribution in [2.75, 3.05) is 28.6 Å². The van der Waals surface area contributed by atoms with Crippen LogP contribution in [0.1, 0.15) is 58.9 Å². The van der Waals surface area contributed by atoms with E-state index in [1.165, 1.54) is 0 Å². The predicted octanol–water partition coefficient (Wildman–Crippen LogP) is 6.37. The molecule has 0 aromatic heterocycles.